The maximum absolute atomic E-state index is 9.93. The zero-order valence-corrected chi connectivity index (χ0v) is 11.8. The Morgan fingerprint density at radius 2 is 2.06 bits per heavy atom. The van der Waals surface area contributed by atoms with Crippen molar-refractivity contribution in [2.24, 2.45) is 0 Å². The maximum Gasteiger partial charge on any atom is 0.0798 e. The van der Waals surface area contributed by atoms with E-state index in [9.17, 15) is 5.11 Å². The van der Waals surface area contributed by atoms with Crippen LogP contribution in [-0.2, 0) is 0 Å². The average molecular weight is 276 g/mol. The summed E-state index contributed by atoms with van der Waals surface area (Å²) in [6, 6.07) is 2.02. The van der Waals surface area contributed by atoms with Gasteiger partial charge in [-0.1, -0.05) is 6.42 Å². The molecule has 98 valence electrons. The molecule has 17 heavy (non-hydrogen) atoms. The van der Waals surface area contributed by atoms with E-state index in [2.05, 4.69) is 4.90 Å². The van der Waals surface area contributed by atoms with E-state index in [4.69, 9.17) is 0 Å². The van der Waals surface area contributed by atoms with Crippen LogP contribution >= 0.6 is 23.7 Å². The van der Waals surface area contributed by atoms with Gasteiger partial charge in [0.15, 0.2) is 0 Å². The first-order valence-electron chi connectivity index (χ1n) is 6.29. The smallest absolute Gasteiger partial charge is 0.0798 e. The second-order valence-electron chi connectivity index (χ2n) is 4.62. The third-order valence-corrected chi connectivity index (χ3v) is 4.03. The van der Waals surface area contributed by atoms with Gasteiger partial charge in [0.2, 0.25) is 0 Å². The van der Waals surface area contributed by atoms with Gasteiger partial charge in [-0.2, -0.15) is 11.3 Å². The van der Waals surface area contributed by atoms with E-state index < -0.39 is 0 Å². The molecule has 2 rings (SSSR count). The summed E-state index contributed by atoms with van der Waals surface area (Å²) in [4.78, 5) is 2.53. The molecule has 0 spiro atoms. The number of aliphatic hydroxyl groups excluding tert-OH is 1. The molecule has 0 aliphatic carbocycles. The third kappa shape index (κ3) is 4.96. The van der Waals surface area contributed by atoms with Crippen molar-refractivity contribution in [1.29, 1.82) is 0 Å². The fourth-order valence-corrected chi connectivity index (χ4v) is 3.03. The molecule has 1 N–H and O–H groups in total. The van der Waals surface area contributed by atoms with Crippen LogP contribution in [0.3, 0.4) is 0 Å². The fourth-order valence-electron chi connectivity index (χ4n) is 2.32. The van der Waals surface area contributed by atoms with E-state index >= 15 is 0 Å². The number of hydrogen-bond donors (Lipinski definition) is 1. The highest BCUT2D eigenvalue weighted by molar-refractivity contribution is 7.07. The lowest BCUT2D eigenvalue weighted by Crippen LogP contribution is -2.30. The van der Waals surface area contributed by atoms with Crippen molar-refractivity contribution in [3.8, 4) is 0 Å². The van der Waals surface area contributed by atoms with Crippen molar-refractivity contribution in [3.63, 3.8) is 0 Å². The second-order valence-corrected chi connectivity index (χ2v) is 5.40. The number of halogens is 1. The fraction of sp³-hybridized carbons (Fsp3) is 0.692. The summed E-state index contributed by atoms with van der Waals surface area (Å²) in [5, 5.41) is 14.0. The third-order valence-electron chi connectivity index (χ3n) is 3.33. The van der Waals surface area contributed by atoms with Crippen LogP contribution in [0, 0.1) is 0 Å². The highest BCUT2D eigenvalue weighted by atomic mass is 35.5. The van der Waals surface area contributed by atoms with Crippen molar-refractivity contribution in [1.82, 2.24) is 4.90 Å². The Morgan fingerprint density at radius 3 is 2.71 bits per heavy atom. The Bertz CT molecular complexity index is 286. The van der Waals surface area contributed by atoms with Crippen LogP contribution in [-0.4, -0.2) is 29.6 Å². The van der Waals surface area contributed by atoms with Crippen molar-refractivity contribution in [2.75, 3.05) is 19.6 Å². The minimum absolute atomic E-state index is 0. The van der Waals surface area contributed by atoms with E-state index in [1.54, 1.807) is 11.3 Å². The summed E-state index contributed by atoms with van der Waals surface area (Å²) in [5.74, 6) is 0. The highest BCUT2D eigenvalue weighted by Crippen LogP contribution is 2.21. The normalized spacial score (nSPS) is 18.6. The minimum atomic E-state index is -0.254. The summed E-state index contributed by atoms with van der Waals surface area (Å²) in [6.07, 6.45) is 5.86. The van der Waals surface area contributed by atoms with Crippen molar-refractivity contribution < 1.29 is 5.11 Å². The molecule has 1 unspecified atom stereocenters. The Kier molecular flexibility index (Phi) is 7.12. The molecule has 0 radical (unpaired) electrons. The molecular formula is C13H22ClNOS. The summed E-state index contributed by atoms with van der Waals surface area (Å²) in [5.41, 5.74) is 1.09. The van der Waals surface area contributed by atoms with Gasteiger partial charge in [-0.15, -0.1) is 12.4 Å². The highest BCUT2D eigenvalue weighted by Gasteiger charge is 2.11. The SMILES string of the molecule is Cl.OC(CCCN1CCCCC1)c1ccsc1. The number of aliphatic hydroxyl groups is 1. The number of nitrogens with zero attached hydrogens (tertiary/aromatic N) is 1. The first-order chi connectivity index (χ1) is 7.86. The van der Waals surface area contributed by atoms with Gasteiger partial charge < -0.3 is 10.0 Å². The standard InChI is InChI=1S/C13H21NOS.ClH/c15-13(12-6-10-16-11-12)5-4-9-14-7-2-1-3-8-14;/h6,10-11,13,15H,1-5,7-9H2;1H. The van der Waals surface area contributed by atoms with Crippen LogP contribution in [0.25, 0.3) is 0 Å². The lowest BCUT2D eigenvalue weighted by Gasteiger charge is -2.26. The van der Waals surface area contributed by atoms with Crippen LogP contribution in [0.5, 0.6) is 0 Å². The van der Waals surface area contributed by atoms with Crippen LogP contribution in [0.1, 0.15) is 43.8 Å². The molecule has 2 nitrogen and oxygen atoms in total. The molecule has 1 fully saturated rings. The molecule has 2 heterocycles. The van der Waals surface area contributed by atoms with Crippen LogP contribution in [0.2, 0.25) is 0 Å². The number of piperidine rings is 1. The molecule has 0 amide bonds. The quantitative estimate of drug-likeness (QED) is 0.889. The van der Waals surface area contributed by atoms with Crippen molar-refractivity contribution >= 4 is 23.7 Å². The number of rotatable bonds is 5. The largest absolute Gasteiger partial charge is 0.388 e. The molecule has 1 aliphatic rings. The van der Waals surface area contributed by atoms with Crippen LogP contribution in [0.15, 0.2) is 16.8 Å². The Morgan fingerprint density at radius 1 is 1.29 bits per heavy atom. The summed E-state index contributed by atoms with van der Waals surface area (Å²) in [7, 11) is 0. The second kappa shape index (κ2) is 8.09. The van der Waals surface area contributed by atoms with Crippen molar-refractivity contribution in [2.45, 2.75) is 38.2 Å². The molecule has 1 atom stereocenters. The van der Waals surface area contributed by atoms with Crippen molar-refractivity contribution in [3.05, 3.63) is 22.4 Å². The van der Waals surface area contributed by atoms with E-state index in [0.29, 0.717) is 0 Å². The monoisotopic (exact) mass is 275 g/mol. The molecule has 0 saturated carbocycles. The van der Waals surface area contributed by atoms with Gasteiger partial charge in [-0.05, 0) is 67.7 Å². The predicted octanol–water partition coefficient (Wildman–Crippen LogP) is 3.47. The molecule has 0 bridgehead atoms. The van der Waals surface area contributed by atoms with E-state index in [-0.39, 0.29) is 18.5 Å². The van der Waals surface area contributed by atoms with E-state index in [1.165, 1.54) is 32.4 Å². The zero-order valence-electron chi connectivity index (χ0n) is 10.2. The first kappa shape index (κ1) is 15.0. The van der Waals surface area contributed by atoms with Gasteiger partial charge in [0, 0.05) is 0 Å². The Labute approximate surface area is 114 Å². The number of likely N-dealkylation sites (tertiary alicyclic amines) is 1. The van der Waals surface area contributed by atoms with Gasteiger partial charge in [0.1, 0.15) is 0 Å². The molecule has 0 aromatic carbocycles. The number of thiophene rings is 1. The predicted molar refractivity (Wildman–Crippen MR) is 76.1 cm³/mol. The minimum Gasteiger partial charge on any atom is -0.388 e. The van der Waals surface area contributed by atoms with Gasteiger partial charge >= 0.3 is 0 Å². The molecule has 1 saturated heterocycles. The van der Waals surface area contributed by atoms with Gasteiger partial charge in [0.25, 0.3) is 0 Å². The Hall–Kier alpha value is -0.0900. The maximum atomic E-state index is 9.93. The summed E-state index contributed by atoms with van der Waals surface area (Å²) >= 11 is 1.66. The van der Waals surface area contributed by atoms with E-state index in [1.807, 2.05) is 16.8 Å². The molecule has 1 aromatic heterocycles. The lowest BCUT2D eigenvalue weighted by atomic mass is 10.1. The topological polar surface area (TPSA) is 23.5 Å². The summed E-state index contributed by atoms with van der Waals surface area (Å²) in [6.45, 7) is 3.67. The zero-order chi connectivity index (χ0) is 11.2. The Balaban J connectivity index is 0.00000144. The molecule has 1 aromatic rings. The summed E-state index contributed by atoms with van der Waals surface area (Å²) < 4.78 is 0. The van der Waals surface area contributed by atoms with E-state index in [0.717, 1.165) is 24.9 Å². The molecular weight excluding hydrogens is 254 g/mol. The van der Waals surface area contributed by atoms with Gasteiger partial charge in [-0.3, -0.25) is 0 Å². The average Bonchev–Trinajstić information content (AvgIpc) is 2.84. The lowest BCUT2D eigenvalue weighted by molar-refractivity contribution is 0.151. The van der Waals surface area contributed by atoms with Gasteiger partial charge in [0.05, 0.1) is 6.10 Å². The van der Waals surface area contributed by atoms with Crippen LogP contribution < -0.4 is 0 Å². The molecule has 1 aliphatic heterocycles. The number of hydrogen-bond acceptors (Lipinski definition) is 3. The molecule has 4 heteroatoms. The first-order valence-corrected chi connectivity index (χ1v) is 7.23. The van der Waals surface area contributed by atoms with Crippen LogP contribution in [0.4, 0.5) is 0 Å². The van der Waals surface area contributed by atoms with Gasteiger partial charge in [-0.25, -0.2) is 0 Å².